The summed E-state index contributed by atoms with van der Waals surface area (Å²) in [5.74, 6) is 4.71. The van der Waals surface area contributed by atoms with Gasteiger partial charge in [0, 0.05) is 12.0 Å². The fourth-order valence-corrected chi connectivity index (χ4v) is 14.5. The summed E-state index contributed by atoms with van der Waals surface area (Å²) in [5, 5.41) is 36.9. The molecule has 0 spiro atoms. The minimum Gasteiger partial charge on any atom is -0.487 e. The van der Waals surface area contributed by atoms with Crippen molar-refractivity contribution in [3.05, 3.63) is 22.3 Å². The van der Waals surface area contributed by atoms with Gasteiger partial charge in [-0.15, -0.1) is 0 Å². The Bertz CT molecular complexity index is 1730. The van der Waals surface area contributed by atoms with E-state index in [0.29, 0.717) is 30.9 Å². The number of hydrogen-bond acceptors (Lipinski definition) is 7. The molecule has 0 saturated heterocycles. The lowest BCUT2D eigenvalue weighted by Crippen LogP contribution is -2.62. The lowest BCUT2D eigenvalue weighted by molar-refractivity contribution is -0.207. The fourth-order valence-electron chi connectivity index (χ4n) is 14.5. The normalized spacial score (nSPS) is 35.1. The van der Waals surface area contributed by atoms with E-state index >= 15 is 0 Å². The number of nitrogens with one attached hydrogen (secondary N) is 1. The van der Waals surface area contributed by atoms with Crippen molar-refractivity contribution in [2.45, 2.75) is 228 Å². The van der Waals surface area contributed by atoms with Crippen LogP contribution in [-0.4, -0.2) is 57.7 Å². The van der Waals surface area contributed by atoms with Crippen molar-refractivity contribution in [3.8, 4) is 11.5 Å². The average molecular weight is 878 g/mol. The van der Waals surface area contributed by atoms with Crippen LogP contribution in [-0.2, 0) is 16.0 Å². The second kappa shape index (κ2) is 20.8. The van der Waals surface area contributed by atoms with E-state index in [1.165, 1.54) is 44.9 Å². The number of carbonyl (C=O) groups is 2. The number of hydrogen-bond donors (Lipinski definition) is 4. The first kappa shape index (κ1) is 50.3. The van der Waals surface area contributed by atoms with Crippen LogP contribution in [0.4, 0.5) is 0 Å². The summed E-state index contributed by atoms with van der Waals surface area (Å²) in [4.78, 5) is 26.5. The molecule has 358 valence electrons. The van der Waals surface area contributed by atoms with E-state index in [2.05, 4.69) is 67.6 Å². The predicted molar refractivity (Wildman–Crippen MR) is 254 cm³/mol. The zero-order valence-corrected chi connectivity index (χ0v) is 41.8. The molecule has 4 N–H and O–H groups in total. The molecule has 1 aromatic rings. The van der Waals surface area contributed by atoms with Crippen LogP contribution in [0.2, 0.25) is 0 Å². The number of esters is 1. The maximum absolute atomic E-state index is 13.3. The molecule has 6 rings (SSSR count). The highest BCUT2D eigenvalue weighted by Crippen LogP contribution is 2.68. The molecule has 8 heteroatoms. The van der Waals surface area contributed by atoms with Gasteiger partial charge >= 0.3 is 5.97 Å². The maximum atomic E-state index is 13.3. The van der Waals surface area contributed by atoms with Crippen molar-refractivity contribution >= 4 is 11.9 Å². The second-order valence-electron chi connectivity index (χ2n) is 23.7. The maximum Gasteiger partial charge on any atom is 0.330 e. The Kier molecular flexibility index (Phi) is 16.6. The van der Waals surface area contributed by atoms with Crippen molar-refractivity contribution in [1.29, 1.82) is 0 Å². The van der Waals surface area contributed by atoms with Gasteiger partial charge in [0.25, 0.3) is 0 Å². The molecular weight excluding hydrogens is 787 g/mol. The Morgan fingerprint density at radius 1 is 0.778 bits per heavy atom. The molecule has 8 nitrogen and oxygen atoms in total. The topological polar surface area (TPSA) is 125 Å². The van der Waals surface area contributed by atoms with Gasteiger partial charge in [-0.05, 0) is 186 Å². The fraction of sp³-hybridized carbons (Fsp3) is 0.855. The van der Waals surface area contributed by atoms with Crippen LogP contribution in [0.1, 0.15) is 200 Å². The van der Waals surface area contributed by atoms with Gasteiger partial charge in [-0.2, -0.15) is 0 Å². The molecule has 0 radical (unpaired) electrons. The molecule has 4 aliphatic carbocycles. The van der Waals surface area contributed by atoms with E-state index < -0.39 is 18.2 Å². The number of aliphatic hydroxyl groups excluding tert-OH is 3. The molecule has 0 bridgehead atoms. The highest BCUT2D eigenvalue weighted by Gasteiger charge is 2.65. The predicted octanol–water partition coefficient (Wildman–Crippen LogP) is 11.5. The monoisotopic (exact) mass is 878 g/mol. The molecule has 1 aromatic carbocycles. The van der Waals surface area contributed by atoms with Gasteiger partial charge in [-0.1, -0.05) is 93.4 Å². The Labute approximate surface area is 383 Å². The molecular formula is C55H91NO7. The quantitative estimate of drug-likeness (QED) is 0.0805. The van der Waals surface area contributed by atoms with Gasteiger partial charge in [0.05, 0.1) is 18.3 Å². The number of ether oxygens (including phenoxy) is 2. The largest absolute Gasteiger partial charge is 0.487 e. The van der Waals surface area contributed by atoms with Gasteiger partial charge in [0.2, 0.25) is 5.91 Å². The minimum atomic E-state index is -0.473. The van der Waals surface area contributed by atoms with Crippen molar-refractivity contribution < 1.29 is 34.4 Å². The highest BCUT2D eigenvalue weighted by molar-refractivity contribution is 5.83. The number of benzene rings is 1. The molecule has 63 heavy (non-hydrogen) atoms. The van der Waals surface area contributed by atoms with Crippen LogP contribution in [0, 0.1) is 84.9 Å². The van der Waals surface area contributed by atoms with Crippen molar-refractivity contribution in [1.82, 2.24) is 5.32 Å². The van der Waals surface area contributed by atoms with Crippen LogP contribution in [0.25, 0.3) is 0 Å². The first-order valence-corrected chi connectivity index (χ1v) is 26.0. The third-order valence-electron chi connectivity index (χ3n) is 18.8. The highest BCUT2D eigenvalue weighted by atomic mass is 16.5. The van der Waals surface area contributed by atoms with E-state index in [1.807, 2.05) is 13.8 Å². The van der Waals surface area contributed by atoms with Crippen LogP contribution in [0.15, 0.2) is 0 Å². The van der Waals surface area contributed by atoms with Gasteiger partial charge < -0.3 is 30.1 Å². The molecule has 0 unspecified atom stereocenters. The SMILES string of the molecule is Cc1c(C)c2c(c(C)c1OC(=O)CNC(=O)CC[C@@H](C)[C@H]1CC[C@H]3[C@@H]4[C@H](O)C[C@@H]5C[C@H](O)CC[C@]5(C)[C@H]4C[C@H](O)[C@]13C)CC[C@@](C)(CCC[C@H](C)CCC[C@H](C)CCCC(C)C)O2. The van der Waals surface area contributed by atoms with Gasteiger partial charge in [-0.25, -0.2) is 4.79 Å². The summed E-state index contributed by atoms with van der Waals surface area (Å²) in [5.41, 5.74) is 3.52. The van der Waals surface area contributed by atoms with Gasteiger partial charge in [-0.3, -0.25) is 4.79 Å². The minimum absolute atomic E-state index is 0.0461. The molecule has 1 amide bonds. The standard InChI is InChI=1S/C55H91NO7/c1-33(2)15-12-16-34(3)17-13-18-35(4)19-14-26-53(9)27-25-42-39(8)51(37(6)38(7)52(42)63-53)62-49(61)32-56-48(60)23-20-36(5)43-21-22-44-50-45(31-47(59)55(43,44)11)54(10)28-24-41(57)29-40(54)30-46(50)58/h33-36,40-41,43-47,50,57-59H,12-32H2,1-11H3,(H,56,60)/t34-,35-,36-,40+,41-,43-,44+,45+,46-,47+,50+,53-,54+,55-/m1/s1. The zero-order valence-electron chi connectivity index (χ0n) is 41.8. The molecule has 1 aliphatic heterocycles. The molecule has 0 aromatic heterocycles. The van der Waals surface area contributed by atoms with Crippen LogP contribution >= 0.6 is 0 Å². The second-order valence-corrected chi connectivity index (χ2v) is 23.7. The average Bonchev–Trinajstić information content (AvgIpc) is 3.59. The van der Waals surface area contributed by atoms with Crippen LogP contribution in [0.3, 0.4) is 0 Å². The molecule has 4 fully saturated rings. The first-order valence-electron chi connectivity index (χ1n) is 26.0. The number of aliphatic hydroxyl groups is 3. The van der Waals surface area contributed by atoms with Gasteiger partial charge in [0.1, 0.15) is 23.6 Å². The smallest absolute Gasteiger partial charge is 0.330 e. The summed E-state index contributed by atoms with van der Waals surface area (Å²) < 4.78 is 12.9. The van der Waals surface area contributed by atoms with Crippen molar-refractivity contribution in [3.63, 3.8) is 0 Å². The summed E-state index contributed by atoms with van der Waals surface area (Å²) in [6, 6.07) is 0. The Balaban J connectivity index is 0.949. The van der Waals surface area contributed by atoms with Crippen molar-refractivity contribution in [2.24, 2.45) is 64.1 Å². The lowest BCUT2D eigenvalue weighted by Gasteiger charge is -2.63. The van der Waals surface area contributed by atoms with Crippen LogP contribution < -0.4 is 14.8 Å². The van der Waals surface area contributed by atoms with E-state index in [1.54, 1.807) is 0 Å². The summed E-state index contributed by atoms with van der Waals surface area (Å²) >= 11 is 0. The van der Waals surface area contributed by atoms with E-state index in [-0.39, 0.29) is 64.6 Å². The molecule has 14 atom stereocenters. The summed E-state index contributed by atoms with van der Waals surface area (Å²) in [6.45, 7) is 24.5. The molecule has 4 saturated carbocycles. The zero-order chi connectivity index (χ0) is 46.0. The number of carbonyl (C=O) groups excluding carboxylic acids is 2. The Hall–Kier alpha value is -2.16. The van der Waals surface area contributed by atoms with E-state index in [9.17, 15) is 24.9 Å². The summed E-state index contributed by atoms with van der Waals surface area (Å²) in [7, 11) is 0. The van der Waals surface area contributed by atoms with E-state index in [0.717, 1.165) is 110 Å². The third-order valence-corrected chi connectivity index (χ3v) is 18.8. The molecule has 5 aliphatic rings. The van der Waals surface area contributed by atoms with E-state index in [4.69, 9.17) is 9.47 Å². The number of fused-ring (bicyclic) bond motifs is 6. The Morgan fingerprint density at radius 3 is 2.13 bits per heavy atom. The third kappa shape index (κ3) is 11.0. The van der Waals surface area contributed by atoms with Crippen molar-refractivity contribution in [2.75, 3.05) is 6.54 Å². The first-order chi connectivity index (χ1) is 29.7. The Morgan fingerprint density at radius 2 is 1.44 bits per heavy atom. The molecule has 1 heterocycles. The van der Waals surface area contributed by atoms with Crippen LogP contribution in [0.5, 0.6) is 11.5 Å². The number of rotatable bonds is 19. The van der Waals surface area contributed by atoms with Gasteiger partial charge in [0.15, 0.2) is 0 Å². The number of amides is 1. The summed E-state index contributed by atoms with van der Waals surface area (Å²) in [6.07, 6.45) is 19.1. The lowest BCUT2D eigenvalue weighted by atomic mass is 9.43.